The molecule has 0 aromatic carbocycles. The molecule has 2 rings (SSSR count). The molecule has 2 aromatic rings. The fraction of sp³-hybridized carbons (Fsp3) is 0.250. The Hall–Kier alpha value is -1.98. The van der Waals surface area contributed by atoms with Gasteiger partial charge in [0, 0.05) is 18.8 Å². The summed E-state index contributed by atoms with van der Waals surface area (Å²) in [6.45, 7) is 1.87. The van der Waals surface area contributed by atoms with E-state index in [2.05, 4.69) is 20.3 Å². The van der Waals surface area contributed by atoms with Crippen LogP contribution < -0.4 is 5.73 Å². The molecule has 0 saturated carbocycles. The van der Waals surface area contributed by atoms with Gasteiger partial charge in [-0.3, -0.25) is 0 Å². The Morgan fingerprint density at radius 2 is 2.14 bits per heavy atom. The van der Waals surface area contributed by atoms with Gasteiger partial charge in [0.15, 0.2) is 5.82 Å². The van der Waals surface area contributed by atoms with E-state index in [0.29, 0.717) is 11.6 Å². The second kappa shape index (κ2) is 3.06. The predicted octanol–water partition coefficient (Wildman–Crippen LogP) is 0.163. The van der Waals surface area contributed by atoms with Crippen LogP contribution in [0.1, 0.15) is 5.69 Å². The third-order valence-corrected chi connectivity index (χ3v) is 1.82. The zero-order chi connectivity index (χ0) is 10.1. The lowest BCUT2D eigenvalue weighted by Crippen LogP contribution is -2.01. The SMILES string of the molecule is Cc1cc(N)nc(-c2cnnn2C)n1. The Bertz CT molecular complexity index is 440. The van der Waals surface area contributed by atoms with Gasteiger partial charge in [-0.15, -0.1) is 5.10 Å². The second-order valence-corrected chi connectivity index (χ2v) is 3.00. The fourth-order valence-corrected chi connectivity index (χ4v) is 1.20. The van der Waals surface area contributed by atoms with Crippen molar-refractivity contribution in [2.24, 2.45) is 7.05 Å². The molecule has 2 heterocycles. The standard InChI is InChI=1S/C8H10N6/c1-5-3-7(9)12-8(11-5)6-4-10-13-14(6)2/h3-4H,1-2H3,(H2,9,11,12). The number of hydrogen-bond acceptors (Lipinski definition) is 5. The van der Waals surface area contributed by atoms with Gasteiger partial charge in [0.2, 0.25) is 0 Å². The van der Waals surface area contributed by atoms with Crippen LogP contribution >= 0.6 is 0 Å². The summed E-state index contributed by atoms with van der Waals surface area (Å²) in [7, 11) is 1.78. The van der Waals surface area contributed by atoms with Gasteiger partial charge < -0.3 is 5.73 Å². The largest absolute Gasteiger partial charge is 0.384 e. The van der Waals surface area contributed by atoms with E-state index in [9.17, 15) is 0 Å². The topological polar surface area (TPSA) is 82.5 Å². The Kier molecular flexibility index (Phi) is 1.88. The van der Waals surface area contributed by atoms with E-state index < -0.39 is 0 Å². The molecule has 0 amide bonds. The monoisotopic (exact) mass is 190 g/mol. The van der Waals surface area contributed by atoms with E-state index in [-0.39, 0.29) is 0 Å². The van der Waals surface area contributed by atoms with E-state index in [1.54, 1.807) is 24.0 Å². The van der Waals surface area contributed by atoms with Crippen molar-refractivity contribution in [1.29, 1.82) is 0 Å². The van der Waals surface area contributed by atoms with Crippen LogP contribution in [0.2, 0.25) is 0 Å². The molecule has 0 atom stereocenters. The zero-order valence-electron chi connectivity index (χ0n) is 7.97. The van der Waals surface area contributed by atoms with Crippen LogP contribution in [-0.2, 0) is 7.05 Å². The van der Waals surface area contributed by atoms with Gasteiger partial charge in [-0.25, -0.2) is 14.6 Å². The van der Waals surface area contributed by atoms with Gasteiger partial charge in [-0.2, -0.15) is 0 Å². The maximum atomic E-state index is 5.61. The lowest BCUT2D eigenvalue weighted by Gasteiger charge is -2.01. The number of rotatable bonds is 1. The molecule has 0 aliphatic carbocycles. The van der Waals surface area contributed by atoms with Crippen LogP contribution in [0.5, 0.6) is 0 Å². The molecule has 6 nitrogen and oxygen atoms in total. The van der Waals surface area contributed by atoms with Crippen LogP contribution in [0.4, 0.5) is 5.82 Å². The minimum atomic E-state index is 0.453. The molecule has 0 spiro atoms. The number of hydrogen-bond donors (Lipinski definition) is 1. The van der Waals surface area contributed by atoms with E-state index in [1.807, 2.05) is 6.92 Å². The minimum Gasteiger partial charge on any atom is -0.384 e. The van der Waals surface area contributed by atoms with Gasteiger partial charge >= 0.3 is 0 Å². The molecule has 0 fully saturated rings. The van der Waals surface area contributed by atoms with E-state index in [1.165, 1.54) is 0 Å². The molecule has 2 aromatic heterocycles. The van der Waals surface area contributed by atoms with Gasteiger partial charge in [0.1, 0.15) is 11.5 Å². The first-order valence-electron chi connectivity index (χ1n) is 4.13. The normalized spacial score (nSPS) is 10.4. The smallest absolute Gasteiger partial charge is 0.181 e. The summed E-state index contributed by atoms with van der Waals surface area (Å²) >= 11 is 0. The molecule has 0 radical (unpaired) electrons. The molecule has 0 bridgehead atoms. The number of nitrogen functional groups attached to an aromatic ring is 1. The average Bonchev–Trinajstić information content (AvgIpc) is 2.49. The van der Waals surface area contributed by atoms with E-state index in [0.717, 1.165) is 11.4 Å². The zero-order valence-corrected chi connectivity index (χ0v) is 7.97. The van der Waals surface area contributed by atoms with Crippen LogP contribution in [-0.4, -0.2) is 25.0 Å². The van der Waals surface area contributed by atoms with Gasteiger partial charge in [0.25, 0.3) is 0 Å². The number of nitrogens with zero attached hydrogens (tertiary/aromatic N) is 5. The number of aromatic nitrogens is 5. The molecule has 0 unspecified atom stereocenters. The highest BCUT2D eigenvalue weighted by molar-refractivity contribution is 5.50. The van der Waals surface area contributed by atoms with Crippen molar-refractivity contribution in [3.8, 4) is 11.5 Å². The summed E-state index contributed by atoms with van der Waals surface area (Å²) in [5, 5.41) is 7.55. The van der Waals surface area contributed by atoms with Gasteiger partial charge in [-0.1, -0.05) is 5.21 Å². The first-order valence-corrected chi connectivity index (χ1v) is 4.13. The highest BCUT2D eigenvalue weighted by Gasteiger charge is 2.07. The molecular formula is C8H10N6. The molecule has 14 heavy (non-hydrogen) atoms. The highest BCUT2D eigenvalue weighted by atomic mass is 15.4. The van der Waals surface area contributed by atoms with Gasteiger partial charge in [0.05, 0.1) is 6.20 Å². The fourth-order valence-electron chi connectivity index (χ4n) is 1.20. The van der Waals surface area contributed by atoms with Crippen LogP contribution in [0.3, 0.4) is 0 Å². The van der Waals surface area contributed by atoms with Crippen molar-refractivity contribution in [2.75, 3.05) is 5.73 Å². The summed E-state index contributed by atoms with van der Waals surface area (Å²) in [5.74, 6) is 1.00. The maximum Gasteiger partial charge on any atom is 0.181 e. The Morgan fingerprint density at radius 1 is 1.36 bits per heavy atom. The Balaban J connectivity index is 2.57. The van der Waals surface area contributed by atoms with Crippen molar-refractivity contribution in [3.05, 3.63) is 18.0 Å². The first-order chi connectivity index (χ1) is 6.66. The van der Waals surface area contributed by atoms with E-state index in [4.69, 9.17) is 5.73 Å². The highest BCUT2D eigenvalue weighted by Crippen LogP contribution is 2.13. The predicted molar refractivity (Wildman–Crippen MR) is 51.2 cm³/mol. The maximum absolute atomic E-state index is 5.61. The third-order valence-electron chi connectivity index (χ3n) is 1.82. The van der Waals surface area contributed by atoms with E-state index >= 15 is 0 Å². The molecule has 6 heteroatoms. The lowest BCUT2D eigenvalue weighted by atomic mass is 10.3. The van der Waals surface area contributed by atoms with Crippen molar-refractivity contribution < 1.29 is 0 Å². The molecule has 0 aliphatic rings. The van der Waals surface area contributed by atoms with Crippen LogP contribution in [0.15, 0.2) is 12.3 Å². The van der Waals surface area contributed by atoms with Crippen molar-refractivity contribution in [1.82, 2.24) is 25.0 Å². The molecular weight excluding hydrogens is 180 g/mol. The summed E-state index contributed by atoms with van der Waals surface area (Å²) in [6, 6.07) is 1.72. The van der Waals surface area contributed by atoms with Gasteiger partial charge in [-0.05, 0) is 6.92 Å². The number of nitrogens with two attached hydrogens (primary N) is 1. The molecule has 72 valence electrons. The Labute approximate surface area is 80.8 Å². The molecule has 2 N–H and O–H groups in total. The number of anilines is 1. The van der Waals surface area contributed by atoms with Crippen molar-refractivity contribution in [2.45, 2.75) is 6.92 Å². The molecule has 0 aliphatic heterocycles. The van der Waals surface area contributed by atoms with Crippen molar-refractivity contribution >= 4 is 5.82 Å². The first kappa shape index (κ1) is 8.61. The minimum absolute atomic E-state index is 0.453. The molecule has 0 saturated heterocycles. The average molecular weight is 190 g/mol. The quantitative estimate of drug-likeness (QED) is 0.692. The third kappa shape index (κ3) is 1.41. The number of aryl methyl sites for hydroxylation is 2. The summed E-state index contributed by atoms with van der Waals surface area (Å²) in [4.78, 5) is 8.35. The Morgan fingerprint density at radius 3 is 2.71 bits per heavy atom. The second-order valence-electron chi connectivity index (χ2n) is 3.00. The van der Waals surface area contributed by atoms with Crippen LogP contribution in [0, 0.1) is 6.92 Å². The summed E-state index contributed by atoms with van der Waals surface area (Å²) < 4.78 is 1.61. The summed E-state index contributed by atoms with van der Waals surface area (Å²) in [6.07, 6.45) is 1.61. The van der Waals surface area contributed by atoms with Crippen molar-refractivity contribution in [3.63, 3.8) is 0 Å². The lowest BCUT2D eigenvalue weighted by molar-refractivity contribution is 0.717. The summed E-state index contributed by atoms with van der Waals surface area (Å²) in [5.41, 5.74) is 7.19. The van der Waals surface area contributed by atoms with Crippen LogP contribution in [0.25, 0.3) is 11.5 Å².